The molecule has 8 nitrogen and oxygen atoms in total. The standard InChI is InChI=1S/C24H31FN4O4/c1-5-32-21-11-6-17(25)16-20(21)27-22(30)26-18-7-9-19(10-8-18)28-12-14-29(15-13-28)23(31)33-24(2,3)4/h6-11,16H,5,12-15H2,1-4H3,(H2,26,27,30). The number of carbonyl (C=O) groups excluding carboxylic acids is 2. The van der Waals surface area contributed by atoms with Crippen molar-refractivity contribution in [3.63, 3.8) is 0 Å². The topological polar surface area (TPSA) is 83.1 Å². The molecule has 9 heteroatoms. The van der Waals surface area contributed by atoms with E-state index in [1.807, 2.05) is 39.8 Å². The van der Waals surface area contributed by atoms with Gasteiger partial charge in [-0.2, -0.15) is 0 Å². The summed E-state index contributed by atoms with van der Waals surface area (Å²) in [4.78, 5) is 28.5. The van der Waals surface area contributed by atoms with Crippen molar-refractivity contribution in [3.8, 4) is 5.75 Å². The fourth-order valence-corrected chi connectivity index (χ4v) is 3.40. The van der Waals surface area contributed by atoms with E-state index in [9.17, 15) is 14.0 Å². The van der Waals surface area contributed by atoms with Crippen molar-refractivity contribution in [2.75, 3.05) is 48.3 Å². The van der Waals surface area contributed by atoms with E-state index in [-0.39, 0.29) is 11.8 Å². The first-order valence-electron chi connectivity index (χ1n) is 11.0. The number of hydrogen-bond acceptors (Lipinski definition) is 5. The number of piperazine rings is 1. The molecule has 1 fully saturated rings. The molecule has 2 aromatic rings. The van der Waals surface area contributed by atoms with E-state index in [0.29, 0.717) is 44.2 Å². The minimum absolute atomic E-state index is 0.258. The molecule has 0 aromatic heterocycles. The Morgan fingerprint density at radius 3 is 2.27 bits per heavy atom. The van der Waals surface area contributed by atoms with Crippen LogP contribution in [-0.2, 0) is 4.74 Å². The Kier molecular flexibility index (Phi) is 7.63. The summed E-state index contributed by atoms with van der Waals surface area (Å²) in [6, 6.07) is 10.9. The number of amides is 3. The van der Waals surface area contributed by atoms with Gasteiger partial charge in [-0.15, -0.1) is 0 Å². The second-order valence-electron chi connectivity index (χ2n) is 8.65. The third kappa shape index (κ3) is 7.00. The van der Waals surface area contributed by atoms with Crippen molar-refractivity contribution in [1.82, 2.24) is 4.90 Å². The first kappa shape index (κ1) is 24.2. The number of urea groups is 1. The first-order chi connectivity index (χ1) is 15.6. The normalized spacial score (nSPS) is 14.0. The molecule has 0 bridgehead atoms. The number of benzene rings is 2. The number of nitrogens with one attached hydrogen (secondary N) is 2. The molecule has 3 rings (SSSR count). The van der Waals surface area contributed by atoms with Crippen molar-refractivity contribution in [1.29, 1.82) is 0 Å². The minimum atomic E-state index is -0.511. The molecule has 0 atom stereocenters. The Hall–Kier alpha value is -3.49. The number of halogens is 1. The zero-order chi connectivity index (χ0) is 24.0. The molecule has 2 N–H and O–H groups in total. The fourth-order valence-electron chi connectivity index (χ4n) is 3.40. The van der Waals surface area contributed by atoms with E-state index in [1.165, 1.54) is 18.2 Å². The third-order valence-corrected chi connectivity index (χ3v) is 4.91. The Morgan fingerprint density at radius 1 is 1.00 bits per heavy atom. The molecule has 0 spiro atoms. The maximum absolute atomic E-state index is 13.6. The van der Waals surface area contributed by atoms with E-state index < -0.39 is 17.4 Å². The zero-order valence-corrected chi connectivity index (χ0v) is 19.5. The van der Waals surface area contributed by atoms with E-state index in [0.717, 1.165) is 5.69 Å². The van der Waals surface area contributed by atoms with Crippen LogP contribution in [-0.4, -0.2) is 55.4 Å². The van der Waals surface area contributed by atoms with Gasteiger partial charge in [0.25, 0.3) is 0 Å². The predicted molar refractivity (Wildman–Crippen MR) is 127 cm³/mol. The molecular weight excluding hydrogens is 427 g/mol. The van der Waals surface area contributed by atoms with Crippen molar-refractivity contribution in [2.45, 2.75) is 33.3 Å². The number of ether oxygens (including phenoxy) is 2. The van der Waals surface area contributed by atoms with E-state index in [4.69, 9.17) is 9.47 Å². The summed E-state index contributed by atoms with van der Waals surface area (Å²) in [7, 11) is 0. The van der Waals surface area contributed by atoms with Gasteiger partial charge in [-0.1, -0.05) is 0 Å². The van der Waals surface area contributed by atoms with Gasteiger partial charge in [0.05, 0.1) is 12.3 Å². The number of anilines is 3. The summed E-state index contributed by atoms with van der Waals surface area (Å²) in [6.45, 7) is 10.3. The monoisotopic (exact) mass is 458 g/mol. The molecule has 0 radical (unpaired) electrons. The molecule has 1 saturated heterocycles. The number of hydrogen-bond donors (Lipinski definition) is 2. The summed E-state index contributed by atoms with van der Waals surface area (Å²) in [5, 5.41) is 5.36. The van der Waals surface area contributed by atoms with Crippen molar-refractivity contribution in [3.05, 3.63) is 48.3 Å². The highest BCUT2D eigenvalue weighted by molar-refractivity contribution is 6.00. The Labute approximate surface area is 193 Å². The van der Waals surface area contributed by atoms with E-state index in [2.05, 4.69) is 15.5 Å². The smallest absolute Gasteiger partial charge is 0.410 e. The molecule has 0 saturated carbocycles. The summed E-state index contributed by atoms with van der Waals surface area (Å²) in [5.74, 6) is -0.0696. The lowest BCUT2D eigenvalue weighted by Gasteiger charge is -2.36. The molecule has 1 heterocycles. The van der Waals surface area contributed by atoms with Crippen molar-refractivity contribution >= 4 is 29.2 Å². The van der Waals surface area contributed by atoms with Gasteiger partial charge in [-0.25, -0.2) is 14.0 Å². The minimum Gasteiger partial charge on any atom is -0.492 e. The van der Waals surface area contributed by atoms with Crippen LogP contribution in [0.4, 0.5) is 31.0 Å². The van der Waals surface area contributed by atoms with Crippen LogP contribution in [0.15, 0.2) is 42.5 Å². The summed E-state index contributed by atoms with van der Waals surface area (Å²) < 4.78 is 24.4. The van der Waals surface area contributed by atoms with Gasteiger partial charge in [0.1, 0.15) is 17.2 Å². The van der Waals surface area contributed by atoms with Crippen LogP contribution in [0.2, 0.25) is 0 Å². The van der Waals surface area contributed by atoms with Gasteiger partial charge in [0.15, 0.2) is 0 Å². The second kappa shape index (κ2) is 10.4. The maximum atomic E-state index is 13.6. The SMILES string of the molecule is CCOc1ccc(F)cc1NC(=O)Nc1ccc(N2CCN(C(=O)OC(C)(C)C)CC2)cc1. The van der Waals surface area contributed by atoms with Gasteiger partial charge >= 0.3 is 12.1 Å². The molecule has 2 aromatic carbocycles. The van der Waals surface area contributed by atoms with Gasteiger partial charge in [-0.05, 0) is 64.1 Å². The largest absolute Gasteiger partial charge is 0.492 e. The van der Waals surface area contributed by atoms with Gasteiger partial charge in [0.2, 0.25) is 0 Å². The van der Waals surface area contributed by atoms with Gasteiger partial charge < -0.3 is 29.9 Å². The van der Waals surface area contributed by atoms with Crippen LogP contribution in [0.3, 0.4) is 0 Å². The van der Waals surface area contributed by atoms with Crippen LogP contribution >= 0.6 is 0 Å². The van der Waals surface area contributed by atoms with Gasteiger partial charge in [0, 0.05) is 43.6 Å². The number of carbonyl (C=O) groups is 2. The average molecular weight is 459 g/mol. The molecule has 0 aliphatic carbocycles. The number of nitrogens with zero attached hydrogens (tertiary/aromatic N) is 2. The zero-order valence-electron chi connectivity index (χ0n) is 19.5. The molecule has 33 heavy (non-hydrogen) atoms. The second-order valence-corrected chi connectivity index (χ2v) is 8.65. The number of rotatable bonds is 5. The fraction of sp³-hybridized carbons (Fsp3) is 0.417. The Bertz CT molecular complexity index is 967. The molecule has 0 unspecified atom stereocenters. The van der Waals surface area contributed by atoms with Gasteiger partial charge in [-0.3, -0.25) is 0 Å². The Balaban J connectivity index is 1.53. The lowest BCUT2D eigenvalue weighted by Crippen LogP contribution is -2.50. The highest BCUT2D eigenvalue weighted by Crippen LogP contribution is 2.26. The van der Waals surface area contributed by atoms with Crippen molar-refractivity contribution < 1.29 is 23.5 Å². The Morgan fingerprint density at radius 2 is 1.67 bits per heavy atom. The van der Waals surface area contributed by atoms with Crippen LogP contribution in [0.5, 0.6) is 5.75 Å². The quantitative estimate of drug-likeness (QED) is 0.664. The molecule has 178 valence electrons. The summed E-state index contributed by atoms with van der Waals surface area (Å²) >= 11 is 0. The molecule has 3 amide bonds. The van der Waals surface area contributed by atoms with E-state index in [1.54, 1.807) is 17.0 Å². The van der Waals surface area contributed by atoms with E-state index >= 15 is 0 Å². The molecule has 1 aliphatic heterocycles. The van der Waals surface area contributed by atoms with Crippen molar-refractivity contribution in [2.24, 2.45) is 0 Å². The first-order valence-corrected chi connectivity index (χ1v) is 11.0. The lowest BCUT2D eigenvalue weighted by atomic mass is 10.2. The highest BCUT2D eigenvalue weighted by Gasteiger charge is 2.26. The van der Waals surface area contributed by atoms with Crippen LogP contribution in [0.1, 0.15) is 27.7 Å². The van der Waals surface area contributed by atoms with Crippen LogP contribution in [0.25, 0.3) is 0 Å². The average Bonchev–Trinajstić information content (AvgIpc) is 2.75. The highest BCUT2D eigenvalue weighted by atomic mass is 19.1. The summed E-state index contributed by atoms with van der Waals surface area (Å²) in [5.41, 5.74) is 1.34. The molecule has 1 aliphatic rings. The lowest BCUT2D eigenvalue weighted by molar-refractivity contribution is 0.0240. The predicted octanol–water partition coefficient (Wildman–Crippen LogP) is 4.93. The maximum Gasteiger partial charge on any atom is 0.410 e. The van der Waals surface area contributed by atoms with Crippen LogP contribution < -0.4 is 20.3 Å². The third-order valence-electron chi connectivity index (χ3n) is 4.91. The van der Waals surface area contributed by atoms with Crippen LogP contribution in [0, 0.1) is 5.82 Å². The summed E-state index contributed by atoms with van der Waals surface area (Å²) in [6.07, 6.45) is -0.293. The molecular formula is C24H31FN4O4.